The number of hydrogen-bond acceptors (Lipinski definition) is 4. The largest absolute Gasteiger partial charge is 0.355 e. The van der Waals surface area contributed by atoms with E-state index in [9.17, 15) is 4.21 Å². The second kappa shape index (κ2) is 9.54. The Kier molecular flexibility index (Phi) is 7.39. The monoisotopic (exact) mass is 364 g/mol. The van der Waals surface area contributed by atoms with E-state index in [1.807, 2.05) is 44.2 Å². The average molecular weight is 365 g/mol. The van der Waals surface area contributed by atoms with Crippen molar-refractivity contribution >= 4 is 28.1 Å². The zero-order valence-electron chi connectivity index (χ0n) is 14.3. The molecule has 1 aromatic carbocycles. The van der Waals surface area contributed by atoms with Gasteiger partial charge in [0, 0.05) is 40.8 Å². The van der Waals surface area contributed by atoms with Crippen molar-refractivity contribution in [2.24, 2.45) is 4.99 Å². The van der Waals surface area contributed by atoms with Crippen molar-refractivity contribution < 1.29 is 4.21 Å². The SMILES string of the molecule is CN=C(NCCS(=O)Cc1ccccc1)NCc1sc(C)nc1C. The summed E-state index contributed by atoms with van der Waals surface area (Å²) in [4.78, 5) is 9.83. The fourth-order valence-electron chi connectivity index (χ4n) is 2.24. The standard InChI is InChI=1S/C17H24N4OS2/c1-13-16(23-14(2)21-13)11-20-17(18-3)19-9-10-24(22)12-15-7-5-4-6-8-15/h4-8H,9-12H2,1-3H3,(H2,18,19,20). The lowest BCUT2D eigenvalue weighted by molar-refractivity contribution is 0.680. The number of aromatic nitrogens is 1. The van der Waals surface area contributed by atoms with Gasteiger partial charge in [-0.25, -0.2) is 4.98 Å². The molecule has 1 unspecified atom stereocenters. The van der Waals surface area contributed by atoms with E-state index < -0.39 is 10.8 Å². The van der Waals surface area contributed by atoms with Crippen LogP contribution in [0.25, 0.3) is 0 Å². The maximum absolute atomic E-state index is 12.1. The first kappa shape index (κ1) is 18.6. The highest BCUT2D eigenvalue weighted by Crippen LogP contribution is 2.16. The van der Waals surface area contributed by atoms with Gasteiger partial charge >= 0.3 is 0 Å². The quantitative estimate of drug-likeness (QED) is 0.585. The summed E-state index contributed by atoms with van der Waals surface area (Å²) in [6.07, 6.45) is 0. The molecular weight excluding hydrogens is 340 g/mol. The minimum atomic E-state index is -0.883. The van der Waals surface area contributed by atoms with Crippen LogP contribution in [0.1, 0.15) is 21.1 Å². The van der Waals surface area contributed by atoms with Gasteiger partial charge in [-0.3, -0.25) is 9.20 Å². The van der Waals surface area contributed by atoms with E-state index in [1.54, 1.807) is 18.4 Å². The van der Waals surface area contributed by atoms with E-state index in [0.717, 1.165) is 22.2 Å². The van der Waals surface area contributed by atoms with Crippen molar-refractivity contribution in [1.82, 2.24) is 15.6 Å². The number of aryl methyl sites for hydroxylation is 2. The molecule has 5 nitrogen and oxygen atoms in total. The van der Waals surface area contributed by atoms with E-state index in [2.05, 4.69) is 20.6 Å². The smallest absolute Gasteiger partial charge is 0.191 e. The number of nitrogens with one attached hydrogen (secondary N) is 2. The predicted molar refractivity (Wildman–Crippen MR) is 103 cm³/mol. The van der Waals surface area contributed by atoms with E-state index in [4.69, 9.17) is 0 Å². The molecule has 0 bridgehead atoms. The highest BCUT2D eigenvalue weighted by Gasteiger charge is 2.06. The van der Waals surface area contributed by atoms with Crippen LogP contribution < -0.4 is 10.6 Å². The van der Waals surface area contributed by atoms with Gasteiger partial charge in [0.1, 0.15) is 0 Å². The average Bonchev–Trinajstić information content (AvgIpc) is 2.89. The Morgan fingerprint density at radius 2 is 2.00 bits per heavy atom. The Balaban J connectivity index is 1.71. The third-order valence-electron chi connectivity index (χ3n) is 3.43. The fraction of sp³-hybridized carbons (Fsp3) is 0.412. The summed E-state index contributed by atoms with van der Waals surface area (Å²) in [6, 6.07) is 9.92. The predicted octanol–water partition coefficient (Wildman–Crippen LogP) is 2.37. The third-order valence-corrected chi connectivity index (χ3v) is 5.82. The van der Waals surface area contributed by atoms with E-state index in [1.165, 1.54) is 4.88 Å². The molecule has 2 N–H and O–H groups in total. The number of aliphatic imine (C=N–C) groups is 1. The van der Waals surface area contributed by atoms with Crippen LogP contribution in [0.5, 0.6) is 0 Å². The van der Waals surface area contributed by atoms with E-state index in [-0.39, 0.29) is 0 Å². The van der Waals surface area contributed by atoms with Crippen molar-refractivity contribution in [2.75, 3.05) is 19.3 Å². The lowest BCUT2D eigenvalue weighted by Gasteiger charge is -2.11. The molecule has 1 atom stereocenters. The maximum atomic E-state index is 12.1. The Labute approximate surface area is 150 Å². The first-order valence-corrected chi connectivity index (χ1v) is 10.1. The van der Waals surface area contributed by atoms with Crippen LogP contribution >= 0.6 is 11.3 Å². The Hall–Kier alpha value is -1.73. The third kappa shape index (κ3) is 6.05. The number of thiazole rings is 1. The van der Waals surface area contributed by atoms with Gasteiger partial charge < -0.3 is 10.6 Å². The van der Waals surface area contributed by atoms with Crippen LogP contribution in [0.4, 0.5) is 0 Å². The molecule has 24 heavy (non-hydrogen) atoms. The molecule has 0 aliphatic rings. The molecule has 0 amide bonds. The van der Waals surface area contributed by atoms with E-state index in [0.29, 0.717) is 24.6 Å². The van der Waals surface area contributed by atoms with Crippen molar-refractivity contribution in [3.8, 4) is 0 Å². The summed E-state index contributed by atoms with van der Waals surface area (Å²) < 4.78 is 12.1. The molecule has 1 heterocycles. The first-order chi connectivity index (χ1) is 11.6. The molecule has 2 rings (SSSR count). The summed E-state index contributed by atoms with van der Waals surface area (Å²) in [5.74, 6) is 1.90. The van der Waals surface area contributed by atoms with Gasteiger partial charge in [0.25, 0.3) is 0 Å². The minimum Gasteiger partial charge on any atom is -0.355 e. The number of nitrogens with zero attached hydrogens (tertiary/aromatic N) is 2. The van der Waals surface area contributed by atoms with Crippen LogP contribution in [0.15, 0.2) is 35.3 Å². The van der Waals surface area contributed by atoms with Crippen molar-refractivity contribution in [2.45, 2.75) is 26.1 Å². The van der Waals surface area contributed by atoms with Gasteiger partial charge in [-0.1, -0.05) is 30.3 Å². The molecule has 0 aliphatic heterocycles. The fourth-order valence-corrected chi connectivity index (χ4v) is 4.15. The van der Waals surface area contributed by atoms with Gasteiger partial charge in [0.2, 0.25) is 0 Å². The molecule has 0 spiro atoms. The topological polar surface area (TPSA) is 66.4 Å². The van der Waals surface area contributed by atoms with Crippen LogP contribution in [-0.2, 0) is 23.1 Å². The van der Waals surface area contributed by atoms with Gasteiger partial charge in [-0.05, 0) is 19.4 Å². The number of rotatable bonds is 7. The highest BCUT2D eigenvalue weighted by molar-refractivity contribution is 7.84. The molecule has 0 radical (unpaired) electrons. The number of hydrogen-bond donors (Lipinski definition) is 2. The lowest BCUT2D eigenvalue weighted by Crippen LogP contribution is -2.38. The molecule has 0 aliphatic carbocycles. The van der Waals surface area contributed by atoms with Gasteiger partial charge in [-0.15, -0.1) is 11.3 Å². The summed E-state index contributed by atoms with van der Waals surface area (Å²) in [5, 5.41) is 7.56. The van der Waals surface area contributed by atoms with Crippen LogP contribution in [0.2, 0.25) is 0 Å². The van der Waals surface area contributed by atoms with Crippen LogP contribution in [0.3, 0.4) is 0 Å². The highest BCUT2D eigenvalue weighted by atomic mass is 32.2. The number of benzene rings is 1. The Bertz CT molecular complexity index is 698. The zero-order chi connectivity index (χ0) is 17.4. The molecule has 0 saturated carbocycles. The van der Waals surface area contributed by atoms with Gasteiger partial charge in [0.05, 0.1) is 17.2 Å². The van der Waals surface area contributed by atoms with Crippen molar-refractivity contribution in [3.05, 3.63) is 51.5 Å². The van der Waals surface area contributed by atoms with Gasteiger partial charge in [0.15, 0.2) is 5.96 Å². The normalized spacial score (nSPS) is 12.9. The Morgan fingerprint density at radius 1 is 1.25 bits per heavy atom. The van der Waals surface area contributed by atoms with Gasteiger partial charge in [-0.2, -0.15) is 0 Å². The summed E-state index contributed by atoms with van der Waals surface area (Å²) in [5.41, 5.74) is 2.17. The molecule has 2 aromatic rings. The number of guanidine groups is 1. The molecule has 0 saturated heterocycles. The second-order valence-corrected chi connectivity index (χ2v) is 8.23. The second-order valence-electron chi connectivity index (χ2n) is 5.37. The molecule has 130 valence electrons. The summed E-state index contributed by atoms with van der Waals surface area (Å²) in [7, 11) is 0.854. The zero-order valence-corrected chi connectivity index (χ0v) is 16.0. The molecule has 1 aromatic heterocycles. The first-order valence-electron chi connectivity index (χ1n) is 7.85. The van der Waals surface area contributed by atoms with E-state index >= 15 is 0 Å². The van der Waals surface area contributed by atoms with Crippen LogP contribution in [0, 0.1) is 13.8 Å². The molecular formula is C17H24N4OS2. The molecule has 0 fully saturated rings. The minimum absolute atomic E-state index is 0.591. The Morgan fingerprint density at radius 3 is 2.62 bits per heavy atom. The van der Waals surface area contributed by atoms with Crippen LogP contribution in [-0.4, -0.2) is 34.5 Å². The maximum Gasteiger partial charge on any atom is 0.191 e. The molecule has 7 heteroatoms. The summed E-state index contributed by atoms with van der Waals surface area (Å²) >= 11 is 1.69. The summed E-state index contributed by atoms with van der Waals surface area (Å²) in [6.45, 7) is 5.35. The lowest BCUT2D eigenvalue weighted by atomic mass is 10.2. The van der Waals surface area contributed by atoms with Crippen molar-refractivity contribution in [3.63, 3.8) is 0 Å². The van der Waals surface area contributed by atoms with Crippen molar-refractivity contribution in [1.29, 1.82) is 0 Å².